The van der Waals surface area contributed by atoms with E-state index >= 15 is 0 Å². The van der Waals surface area contributed by atoms with Crippen LogP contribution in [0.15, 0.2) is 29.7 Å². The topological polar surface area (TPSA) is 109 Å². The molecule has 3 aliphatic heterocycles. The summed E-state index contributed by atoms with van der Waals surface area (Å²) in [5, 5.41) is 20.5. The van der Waals surface area contributed by atoms with Crippen LogP contribution >= 0.6 is 0 Å². The van der Waals surface area contributed by atoms with Gasteiger partial charge in [-0.3, -0.25) is 4.90 Å². The fourth-order valence-corrected chi connectivity index (χ4v) is 7.38. The monoisotopic (exact) mass is 541 g/mol. The summed E-state index contributed by atoms with van der Waals surface area (Å²) in [4.78, 5) is 32.0. The van der Waals surface area contributed by atoms with Crippen LogP contribution in [0.3, 0.4) is 0 Å². The smallest absolute Gasteiger partial charge is 0.410 e. The molecule has 0 bridgehead atoms. The van der Waals surface area contributed by atoms with Crippen LogP contribution in [-0.2, 0) is 10.2 Å². The van der Waals surface area contributed by atoms with Crippen LogP contribution in [0.2, 0.25) is 0 Å². The summed E-state index contributed by atoms with van der Waals surface area (Å²) in [5.41, 5.74) is 1.31. The van der Waals surface area contributed by atoms with Gasteiger partial charge in [0, 0.05) is 36.3 Å². The molecule has 0 radical (unpaired) electrons. The molecule has 10 heteroatoms. The van der Waals surface area contributed by atoms with Crippen molar-refractivity contribution >= 4 is 23.5 Å². The normalized spacial score (nSPS) is 26.6. The summed E-state index contributed by atoms with van der Waals surface area (Å²) < 4.78 is 19.8. The molecule has 1 spiro atoms. The maximum Gasteiger partial charge on any atom is 0.410 e. The number of carbonyl (C=O) groups is 2. The van der Waals surface area contributed by atoms with Gasteiger partial charge in [-0.25, -0.2) is 14.0 Å². The third-order valence-corrected chi connectivity index (χ3v) is 9.28. The number of aliphatic hydroxyl groups is 1. The third kappa shape index (κ3) is 5.11. The molecule has 3 atom stereocenters. The molecule has 3 N–H and O–H groups in total. The third-order valence-electron chi connectivity index (χ3n) is 9.28. The summed E-state index contributed by atoms with van der Waals surface area (Å²) in [6.07, 6.45) is 5.59. The Balaban J connectivity index is 1.30. The second-order valence-electron chi connectivity index (χ2n) is 11.6. The van der Waals surface area contributed by atoms with Gasteiger partial charge >= 0.3 is 12.1 Å². The van der Waals surface area contributed by atoms with Crippen molar-refractivity contribution in [3.05, 3.63) is 41.0 Å². The minimum Gasteiger partial charge on any atom is -0.510 e. The number of rotatable bonds is 4. The lowest BCUT2D eigenvalue weighted by Gasteiger charge is -2.42. The van der Waals surface area contributed by atoms with Gasteiger partial charge in [0.25, 0.3) is 0 Å². The molecular weight excluding hydrogens is 501 g/mol. The number of amides is 3. The summed E-state index contributed by atoms with van der Waals surface area (Å²) >= 11 is 0. The van der Waals surface area contributed by atoms with Crippen molar-refractivity contribution in [2.24, 2.45) is 5.92 Å². The molecule has 4 aliphatic rings. The van der Waals surface area contributed by atoms with Crippen molar-refractivity contribution in [3.8, 4) is 0 Å². The number of carbonyl (C=O) groups excluding carboxylic acids is 2. The zero-order valence-electron chi connectivity index (χ0n) is 23.1. The van der Waals surface area contributed by atoms with Crippen LogP contribution in [-0.4, -0.2) is 77.6 Å². The van der Waals surface area contributed by atoms with Crippen molar-refractivity contribution in [1.29, 1.82) is 5.41 Å². The number of fused-ring (bicyclic) bond motifs is 3. The number of benzene rings is 1. The zero-order chi connectivity index (χ0) is 27.9. The highest BCUT2D eigenvalue weighted by Crippen LogP contribution is 2.49. The molecule has 3 amide bonds. The Morgan fingerprint density at radius 3 is 2.62 bits per heavy atom. The van der Waals surface area contributed by atoms with Crippen LogP contribution in [0, 0.1) is 17.1 Å². The van der Waals surface area contributed by atoms with Crippen LogP contribution in [0.1, 0.15) is 64.9 Å². The Morgan fingerprint density at radius 1 is 1.21 bits per heavy atom. The molecule has 5 rings (SSSR count). The molecule has 1 aromatic rings. The standard InChI is InChI=1S/C29H40FN5O4/c1-4-39-28(38)34-11-5-6-20-14-22(16-25(20)34)33-12-9-29(10-13-33)17-35(24-8-7-21(30)15-23(24)29)27(37)32-26(18(2)31)19(3)36/h7-8,15,20,22,25,31,36H,4-6,9-14,16-17H2,1-3H3,(H,32,37)/b26-19+,31-18?. The number of piperidine rings is 2. The maximum atomic E-state index is 14.5. The van der Waals surface area contributed by atoms with E-state index in [0.717, 1.165) is 63.7 Å². The average Bonchev–Trinajstić information content (AvgIpc) is 3.47. The van der Waals surface area contributed by atoms with Gasteiger partial charge in [0.1, 0.15) is 17.3 Å². The zero-order valence-corrected chi connectivity index (χ0v) is 23.1. The van der Waals surface area contributed by atoms with Gasteiger partial charge in [-0.15, -0.1) is 0 Å². The maximum absolute atomic E-state index is 14.5. The van der Waals surface area contributed by atoms with Crippen molar-refractivity contribution in [2.75, 3.05) is 37.7 Å². The summed E-state index contributed by atoms with van der Waals surface area (Å²) in [5.74, 6) is 0.0500. The lowest BCUT2D eigenvalue weighted by atomic mass is 9.74. The number of allylic oxidation sites excluding steroid dienone is 2. The predicted molar refractivity (Wildman–Crippen MR) is 147 cm³/mol. The summed E-state index contributed by atoms with van der Waals surface area (Å²) in [6.45, 7) is 8.04. The Labute approximate surface area is 229 Å². The molecular formula is C29H40FN5O4. The lowest BCUT2D eigenvalue weighted by Crippen LogP contribution is -2.50. The Bertz CT molecular complexity index is 1170. The number of likely N-dealkylation sites (tertiary alicyclic amines) is 2. The number of anilines is 1. The number of nitrogens with one attached hydrogen (secondary N) is 2. The van der Waals surface area contributed by atoms with E-state index in [4.69, 9.17) is 10.1 Å². The van der Waals surface area contributed by atoms with Crippen LogP contribution in [0.5, 0.6) is 0 Å². The molecule has 212 valence electrons. The lowest BCUT2D eigenvalue weighted by molar-refractivity contribution is 0.0634. The van der Waals surface area contributed by atoms with Gasteiger partial charge in [0.15, 0.2) is 0 Å². The van der Waals surface area contributed by atoms with Crippen molar-refractivity contribution in [2.45, 2.75) is 76.8 Å². The van der Waals surface area contributed by atoms with E-state index in [1.807, 2.05) is 11.8 Å². The SMILES string of the molecule is CCOC(=O)N1CCCC2CC(N3CCC4(CC3)CN(C(=O)N/C(C(C)=N)=C(\C)O)c3ccc(F)cc34)CC21. The molecule has 1 saturated carbocycles. The Morgan fingerprint density at radius 2 is 1.95 bits per heavy atom. The van der Waals surface area contributed by atoms with Crippen molar-refractivity contribution < 1.29 is 23.8 Å². The second kappa shape index (κ2) is 10.8. The molecule has 3 unspecified atom stereocenters. The number of aliphatic hydroxyl groups excluding tert-OH is 1. The number of halogens is 1. The van der Waals surface area contributed by atoms with E-state index in [1.54, 1.807) is 17.0 Å². The van der Waals surface area contributed by atoms with E-state index in [2.05, 4.69) is 10.2 Å². The summed E-state index contributed by atoms with van der Waals surface area (Å²) in [7, 11) is 0. The fraction of sp³-hybridized carbons (Fsp3) is 0.621. The highest BCUT2D eigenvalue weighted by Gasteiger charge is 2.49. The minimum atomic E-state index is -0.434. The molecule has 2 saturated heterocycles. The quantitative estimate of drug-likeness (QED) is 0.370. The van der Waals surface area contributed by atoms with Gasteiger partial charge in [-0.2, -0.15) is 0 Å². The van der Waals surface area contributed by atoms with E-state index in [0.29, 0.717) is 30.8 Å². The number of hydrogen-bond acceptors (Lipinski definition) is 6. The first-order valence-corrected chi connectivity index (χ1v) is 14.1. The Kier molecular flexibility index (Phi) is 7.59. The van der Waals surface area contributed by atoms with E-state index in [-0.39, 0.29) is 40.5 Å². The van der Waals surface area contributed by atoms with Crippen LogP contribution in [0.25, 0.3) is 0 Å². The largest absolute Gasteiger partial charge is 0.510 e. The molecule has 1 aromatic carbocycles. The van der Waals surface area contributed by atoms with Crippen molar-refractivity contribution in [3.63, 3.8) is 0 Å². The summed E-state index contributed by atoms with van der Waals surface area (Å²) in [6, 6.07) is 4.79. The van der Waals surface area contributed by atoms with E-state index in [1.165, 1.54) is 19.9 Å². The Hall–Kier alpha value is -3.14. The van der Waals surface area contributed by atoms with Gasteiger partial charge in [-0.1, -0.05) is 0 Å². The highest BCUT2D eigenvalue weighted by molar-refractivity contribution is 6.03. The number of nitrogens with zero attached hydrogens (tertiary/aromatic N) is 3. The molecule has 3 heterocycles. The highest BCUT2D eigenvalue weighted by atomic mass is 19.1. The van der Waals surface area contributed by atoms with Gasteiger partial charge in [0.2, 0.25) is 0 Å². The van der Waals surface area contributed by atoms with Crippen molar-refractivity contribution in [1.82, 2.24) is 15.1 Å². The van der Waals surface area contributed by atoms with E-state index < -0.39 is 6.03 Å². The number of ether oxygens (including phenoxy) is 1. The number of hydrogen-bond donors (Lipinski definition) is 3. The predicted octanol–water partition coefficient (Wildman–Crippen LogP) is 4.92. The minimum absolute atomic E-state index is 0.0588. The van der Waals surface area contributed by atoms with Crippen LogP contribution in [0.4, 0.5) is 19.7 Å². The first-order valence-electron chi connectivity index (χ1n) is 14.1. The average molecular weight is 542 g/mol. The first kappa shape index (κ1) is 27.4. The van der Waals surface area contributed by atoms with Gasteiger partial charge in [0.05, 0.1) is 12.3 Å². The molecule has 0 aromatic heterocycles. The van der Waals surface area contributed by atoms with E-state index in [9.17, 15) is 19.1 Å². The molecule has 1 aliphatic carbocycles. The molecule has 39 heavy (non-hydrogen) atoms. The number of urea groups is 1. The fourth-order valence-electron chi connectivity index (χ4n) is 7.38. The van der Waals surface area contributed by atoms with Crippen LogP contribution < -0.4 is 10.2 Å². The molecule has 3 fully saturated rings. The van der Waals surface area contributed by atoms with Gasteiger partial charge < -0.3 is 30.4 Å². The molecule has 9 nitrogen and oxygen atoms in total. The first-order chi connectivity index (χ1) is 18.6. The van der Waals surface area contributed by atoms with Gasteiger partial charge in [-0.05, 0) is 102 Å². The second-order valence-corrected chi connectivity index (χ2v) is 11.6.